The van der Waals surface area contributed by atoms with E-state index in [9.17, 15) is 9.18 Å². The molecule has 1 aromatic heterocycles. The Morgan fingerprint density at radius 2 is 1.76 bits per heavy atom. The number of furan rings is 1. The first-order valence-electron chi connectivity index (χ1n) is 5.84. The molecule has 106 valence electrons. The lowest BCUT2D eigenvalue weighted by Gasteiger charge is -2.02. The highest BCUT2D eigenvalue weighted by molar-refractivity contribution is 6.38. The largest absolute Gasteiger partial charge is 0.453 e. The van der Waals surface area contributed by atoms with Gasteiger partial charge in [-0.05, 0) is 30.3 Å². The van der Waals surface area contributed by atoms with Gasteiger partial charge in [-0.25, -0.2) is 4.39 Å². The van der Waals surface area contributed by atoms with Crippen molar-refractivity contribution in [1.82, 2.24) is 0 Å². The average Bonchev–Trinajstić information content (AvgIpc) is 2.87. The molecule has 0 aliphatic rings. The Kier molecular flexibility index (Phi) is 3.66. The number of hydrogen-bond donors (Lipinski definition) is 0. The SMILES string of the molecule is O=C(c1cc2c(Cl)cccc2o1)c1cc(F)c(Cl)cc1Cl. The number of halogens is 4. The highest BCUT2D eigenvalue weighted by Gasteiger charge is 2.20. The molecule has 0 spiro atoms. The molecule has 0 N–H and O–H groups in total. The summed E-state index contributed by atoms with van der Waals surface area (Å²) in [6, 6.07) is 8.74. The molecule has 0 unspecified atom stereocenters. The van der Waals surface area contributed by atoms with E-state index in [1.807, 2.05) is 0 Å². The lowest BCUT2D eigenvalue weighted by atomic mass is 10.1. The average molecular weight is 344 g/mol. The van der Waals surface area contributed by atoms with Crippen molar-refractivity contribution in [1.29, 1.82) is 0 Å². The molecule has 0 saturated carbocycles. The maximum Gasteiger partial charge on any atom is 0.229 e. The standard InChI is InChI=1S/C15H6Cl3FO2/c16-9-2-1-3-13-7(9)5-14(21-13)15(20)8-4-12(19)11(18)6-10(8)17/h1-6H. The van der Waals surface area contributed by atoms with Crippen LogP contribution in [0.1, 0.15) is 16.1 Å². The zero-order valence-electron chi connectivity index (χ0n) is 10.3. The normalized spacial score (nSPS) is 11.0. The summed E-state index contributed by atoms with van der Waals surface area (Å²) in [6.07, 6.45) is 0. The zero-order valence-corrected chi connectivity index (χ0v) is 12.6. The molecule has 0 aliphatic carbocycles. The van der Waals surface area contributed by atoms with E-state index in [2.05, 4.69) is 0 Å². The van der Waals surface area contributed by atoms with Gasteiger partial charge in [-0.2, -0.15) is 0 Å². The summed E-state index contributed by atoms with van der Waals surface area (Å²) in [5, 5.41) is 0.971. The number of fused-ring (bicyclic) bond motifs is 1. The van der Waals surface area contributed by atoms with Gasteiger partial charge in [-0.1, -0.05) is 40.9 Å². The number of rotatable bonds is 2. The molecule has 0 aliphatic heterocycles. The van der Waals surface area contributed by atoms with E-state index in [0.29, 0.717) is 16.0 Å². The molecule has 0 bridgehead atoms. The smallest absolute Gasteiger partial charge is 0.229 e. The first kappa shape index (κ1) is 14.4. The van der Waals surface area contributed by atoms with Crippen LogP contribution < -0.4 is 0 Å². The summed E-state index contributed by atoms with van der Waals surface area (Å²) in [6.45, 7) is 0. The third-order valence-corrected chi connectivity index (χ3v) is 3.92. The number of benzene rings is 2. The van der Waals surface area contributed by atoms with Gasteiger partial charge in [0.2, 0.25) is 5.78 Å². The van der Waals surface area contributed by atoms with E-state index in [-0.39, 0.29) is 21.4 Å². The van der Waals surface area contributed by atoms with E-state index in [0.717, 1.165) is 6.07 Å². The van der Waals surface area contributed by atoms with Gasteiger partial charge < -0.3 is 4.42 Å². The van der Waals surface area contributed by atoms with Gasteiger partial charge in [0.05, 0.1) is 15.1 Å². The Balaban J connectivity index is 2.12. The van der Waals surface area contributed by atoms with Crippen LogP contribution in [0.5, 0.6) is 0 Å². The minimum atomic E-state index is -0.724. The Labute approximate surface area is 134 Å². The van der Waals surface area contributed by atoms with Crippen molar-refractivity contribution in [2.24, 2.45) is 0 Å². The second-order valence-electron chi connectivity index (χ2n) is 4.34. The monoisotopic (exact) mass is 342 g/mol. The number of carbonyl (C=O) groups excluding carboxylic acids is 1. The van der Waals surface area contributed by atoms with E-state index >= 15 is 0 Å². The van der Waals surface area contributed by atoms with E-state index in [4.69, 9.17) is 39.2 Å². The van der Waals surface area contributed by atoms with Crippen LogP contribution in [0, 0.1) is 5.82 Å². The fraction of sp³-hybridized carbons (Fsp3) is 0. The van der Waals surface area contributed by atoms with Crippen molar-refractivity contribution in [3.05, 3.63) is 68.6 Å². The summed E-state index contributed by atoms with van der Waals surface area (Å²) < 4.78 is 19.0. The number of carbonyl (C=O) groups is 1. The molecule has 1 heterocycles. The maximum atomic E-state index is 13.5. The van der Waals surface area contributed by atoms with Gasteiger partial charge in [0.15, 0.2) is 5.76 Å². The third-order valence-electron chi connectivity index (χ3n) is 2.99. The van der Waals surface area contributed by atoms with Gasteiger partial charge in [-0.15, -0.1) is 0 Å². The first-order valence-corrected chi connectivity index (χ1v) is 6.98. The quantitative estimate of drug-likeness (QED) is 0.437. The minimum absolute atomic E-state index is 0.0197. The van der Waals surface area contributed by atoms with Crippen molar-refractivity contribution >= 4 is 51.6 Å². The van der Waals surface area contributed by atoms with Crippen molar-refractivity contribution < 1.29 is 13.6 Å². The highest BCUT2D eigenvalue weighted by atomic mass is 35.5. The van der Waals surface area contributed by atoms with Gasteiger partial charge in [-0.3, -0.25) is 4.79 Å². The van der Waals surface area contributed by atoms with E-state index in [1.54, 1.807) is 18.2 Å². The first-order chi connectivity index (χ1) is 9.97. The number of ketones is 1. The number of hydrogen-bond acceptors (Lipinski definition) is 2. The summed E-state index contributed by atoms with van der Waals surface area (Å²) in [5.41, 5.74) is 0.449. The maximum absolute atomic E-state index is 13.5. The molecular formula is C15H6Cl3FO2. The fourth-order valence-corrected chi connectivity index (χ4v) is 2.66. The third kappa shape index (κ3) is 2.53. The predicted molar refractivity (Wildman–Crippen MR) is 81.1 cm³/mol. The summed E-state index contributed by atoms with van der Waals surface area (Å²) in [7, 11) is 0. The lowest BCUT2D eigenvalue weighted by molar-refractivity contribution is 0.101. The zero-order chi connectivity index (χ0) is 15.1. The molecular weight excluding hydrogens is 338 g/mol. The molecule has 0 saturated heterocycles. The van der Waals surface area contributed by atoms with Crippen LogP contribution >= 0.6 is 34.8 Å². The topological polar surface area (TPSA) is 30.2 Å². The molecule has 0 fully saturated rings. The second-order valence-corrected chi connectivity index (χ2v) is 5.56. The molecule has 2 nitrogen and oxygen atoms in total. The van der Waals surface area contributed by atoms with Crippen molar-refractivity contribution in [3.63, 3.8) is 0 Å². The Bertz CT molecular complexity index is 871. The Morgan fingerprint density at radius 1 is 1.00 bits per heavy atom. The fourth-order valence-electron chi connectivity index (χ4n) is 1.97. The molecule has 2 aromatic carbocycles. The second kappa shape index (κ2) is 5.34. The van der Waals surface area contributed by atoms with Crippen molar-refractivity contribution in [2.45, 2.75) is 0 Å². The van der Waals surface area contributed by atoms with Crippen LogP contribution in [0.25, 0.3) is 11.0 Å². The van der Waals surface area contributed by atoms with Gasteiger partial charge in [0.1, 0.15) is 11.4 Å². The molecule has 21 heavy (non-hydrogen) atoms. The van der Waals surface area contributed by atoms with Gasteiger partial charge in [0.25, 0.3) is 0 Å². The minimum Gasteiger partial charge on any atom is -0.453 e. The van der Waals surface area contributed by atoms with Crippen LogP contribution in [0.15, 0.2) is 40.8 Å². The Hall–Kier alpha value is -1.55. The van der Waals surface area contributed by atoms with Crippen molar-refractivity contribution in [3.8, 4) is 0 Å². The lowest BCUT2D eigenvalue weighted by Crippen LogP contribution is -2.01. The molecule has 3 rings (SSSR count). The van der Waals surface area contributed by atoms with Gasteiger partial charge >= 0.3 is 0 Å². The molecule has 0 atom stereocenters. The summed E-state index contributed by atoms with van der Waals surface area (Å²) in [5.74, 6) is -1.23. The predicted octanol–water partition coefficient (Wildman–Crippen LogP) is 5.76. The molecule has 0 amide bonds. The van der Waals surface area contributed by atoms with Gasteiger partial charge in [0, 0.05) is 10.9 Å². The molecule has 0 radical (unpaired) electrons. The van der Waals surface area contributed by atoms with Crippen LogP contribution in [0.3, 0.4) is 0 Å². The van der Waals surface area contributed by atoms with Crippen LogP contribution in [0.4, 0.5) is 4.39 Å². The van der Waals surface area contributed by atoms with Crippen LogP contribution in [-0.4, -0.2) is 5.78 Å². The van der Waals surface area contributed by atoms with Crippen LogP contribution in [-0.2, 0) is 0 Å². The van der Waals surface area contributed by atoms with Crippen molar-refractivity contribution in [2.75, 3.05) is 0 Å². The Morgan fingerprint density at radius 3 is 2.48 bits per heavy atom. The molecule has 3 aromatic rings. The van der Waals surface area contributed by atoms with E-state index < -0.39 is 11.6 Å². The van der Waals surface area contributed by atoms with E-state index in [1.165, 1.54) is 12.1 Å². The highest BCUT2D eigenvalue weighted by Crippen LogP contribution is 2.30. The summed E-state index contributed by atoms with van der Waals surface area (Å²) in [4.78, 5) is 12.4. The van der Waals surface area contributed by atoms with Crippen LogP contribution in [0.2, 0.25) is 15.1 Å². The molecule has 6 heteroatoms. The summed E-state index contributed by atoms with van der Waals surface area (Å²) >= 11 is 17.6.